The minimum Gasteiger partial charge on any atom is -0.351 e. The normalized spacial score (nSPS) is 10.4. The van der Waals surface area contributed by atoms with Crippen molar-refractivity contribution >= 4 is 40.6 Å². The first-order valence-electron chi connectivity index (χ1n) is 6.87. The number of hydrogen-bond acceptors (Lipinski definition) is 4. The number of anilines is 1. The van der Waals surface area contributed by atoms with Crippen molar-refractivity contribution in [3.8, 4) is 0 Å². The van der Waals surface area contributed by atoms with Crippen molar-refractivity contribution in [2.45, 2.75) is 0 Å². The van der Waals surface area contributed by atoms with E-state index in [4.69, 9.17) is 27.7 Å². The highest BCUT2D eigenvalue weighted by molar-refractivity contribution is 6.36. The fraction of sp³-hybridized carbons (Fsp3) is 0. The first kappa shape index (κ1) is 16.2. The molecule has 0 unspecified atom stereocenters. The van der Waals surface area contributed by atoms with Gasteiger partial charge >= 0.3 is 0 Å². The van der Waals surface area contributed by atoms with Gasteiger partial charge in [-0.05, 0) is 30.3 Å². The second-order valence-electron chi connectivity index (χ2n) is 4.83. The summed E-state index contributed by atoms with van der Waals surface area (Å²) in [6, 6.07) is 12.7. The Labute approximate surface area is 147 Å². The molecular weight excluding hydrogens is 351 g/mol. The van der Waals surface area contributed by atoms with Gasteiger partial charge in [-0.25, -0.2) is 0 Å². The Balaban J connectivity index is 1.98. The minimum atomic E-state index is -0.525. The zero-order valence-corrected chi connectivity index (χ0v) is 13.6. The van der Waals surface area contributed by atoms with Crippen LogP contribution in [0, 0.1) is 0 Å². The topological polar surface area (TPSA) is 72.2 Å². The van der Waals surface area contributed by atoms with Crippen molar-refractivity contribution in [2.75, 3.05) is 5.32 Å². The Bertz CT molecular complexity index is 908. The molecule has 3 rings (SSSR count). The molecule has 7 heteroatoms. The summed E-state index contributed by atoms with van der Waals surface area (Å²) in [7, 11) is 0. The predicted molar refractivity (Wildman–Crippen MR) is 90.8 cm³/mol. The molecule has 0 spiro atoms. The molecule has 0 aliphatic carbocycles. The van der Waals surface area contributed by atoms with Crippen molar-refractivity contribution in [3.63, 3.8) is 0 Å². The van der Waals surface area contributed by atoms with Gasteiger partial charge in [0, 0.05) is 22.2 Å². The number of carbonyl (C=O) groups excluding carboxylic acids is 2. The summed E-state index contributed by atoms with van der Waals surface area (Å²) in [5, 5.41) is 6.77. The summed E-state index contributed by atoms with van der Waals surface area (Å²) in [6.45, 7) is 0. The van der Waals surface area contributed by atoms with E-state index in [1.165, 1.54) is 18.3 Å². The maximum Gasteiger partial charge on any atom is 0.294 e. The van der Waals surface area contributed by atoms with E-state index < -0.39 is 5.91 Å². The molecule has 5 nitrogen and oxygen atoms in total. The number of ketones is 1. The van der Waals surface area contributed by atoms with Gasteiger partial charge in [0.2, 0.25) is 5.76 Å². The molecule has 1 aromatic heterocycles. The van der Waals surface area contributed by atoms with Gasteiger partial charge in [0.15, 0.2) is 5.78 Å². The van der Waals surface area contributed by atoms with E-state index in [-0.39, 0.29) is 17.1 Å². The van der Waals surface area contributed by atoms with E-state index in [1.54, 1.807) is 36.4 Å². The smallest absolute Gasteiger partial charge is 0.294 e. The van der Waals surface area contributed by atoms with E-state index in [0.717, 1.165) is 0 Å². The number of benzene rings is 2. The standard InChI is InChI=1S/C17H10Cl2N2O3/c18-10-5-6-14(21-17(23)15-7-8-20-24-15)12(9-10)16(22)11-3-1-2-4-13(11)19/h1-9H,(H,21,23). The number of carbonyl (C=O) groups is 2. The van der Waals surface area contributed by atoms with Crippen molar-refractivity contribution in [2.24, 2.45) is 0 Å². The summed E-state index contributed by atoms with van der Waals surface area (Å²) >= 11 is 12.1. The van der Waals surface area contributed by atoms with E-state index in [9.17, 15) is 9.59 Å². The van der Waals surface area contributed by atoms with Gasteiger partial charge in [-0.2, -0.15) is 0 Å². The molecule has 0 aliphatic rings. The van der Waals surface area contributed by atoms with E-state index in [0.29, 0.717) is 21.3 Å². The van der Waals surface area contributed by atoms with Crippen LogP contribution in [0.2, 0.25) is 10.0 Å². The van der Waals surface area contributed by atoms with Crippen LogP contribution >= 0.6 is 23.2 Å². The molecule has 0 saturated heterocycles. The third-order valence-electron chi connectivity index (χ3n) is 3.25. The Morgan fingerprint density at radius 1 is 1.00 bits per heavy atom. The molecule has 1 amide bonds. The molecule has 0 fully saturated rings. The largest absolute Gasteiger partial charge is 0.351 e. The minimum absolute atomic E-state index is 0.0288. The summed E-state index contributed by atoms with van der Waals surface area (Å²) in [5.74, 6) is -0.847. The molecule has 0 bridgehead atoms. The van der Waals surface area contributed by atoms with Gasteiger partial charge in [0.05, 0.1) is 16.9 Å². The summed E-state index contributed by atoms with van der Waals surface area (Å²) in [4.78, 5) is 24.9. The molecule has 120 valence electrons. The van der Waals surface area contributed by atoms with Gasteiger partial charge in [0.1, 0.15) is 0 Å². The molecule has 1 heterocycles. The van der Waals surface area contributed by atoms with Crippen molar-refractivity contribution in [1.82, 2.24) is 5.16 Å². The molecule has 0 atom stereocenters. The molecule has 1 N–H and O–H groups in total. The number of halogens is 2. The van der Waals surface area contributed by atoms with Crippen LogP contribution in [0.4, 0.5) is 5.69 Å². The Hall–Kier alpha value is -2.63. The highest BCUT2D eigenvalue weighted by atomic mass is 35.5. The van der Waals surface area contributed by atoms with Crippen LogP contribution in [-0.4, -0.2) is 16.8 Å². The lowest BCUT2D eigenvalue weighted by Gasteiger charge is -2.11. The second-order valence-corrected chi connectivity index (χ2v) is 5.67. The quantitative estimate of drug-likeness (QED) is 0.696. The molecule has 0 saturated carbocycles. The zero-order valence-electron chi connectivity index (χ0n) is 12.1. The Morgan fingerprint density at radius 3 is 2.50 bits per heavy atom. The first-order valence-corrected chi connectivity index (χ1v) is 7.62. The van der Waals surface area contributed by atoms with Gasteiger partial charge in [-0.15, -0.1) is 0 Å². The highest BCUT2D eigenvalue weighted by Crippen LogP contribution is 2.27. The van der Waals surface area contributed by atoms with Crippen LogP contribution in [0.25, 0.3) is 0 Å². The zero-order chi connectivity index (χ0) is 17.1. The van der Waals surface area contributed by atoms with Crippen LogP contribution in [-0.2, 0) is 0 Å². The Morgan fingerprint density at radius 2 is 1.79 bits per heavy atom. The molecular formula is C17H10Cl2N2O3. The van der Waals surface area contributed by atoms with Crippen LogP contribution < -0.4 is 5.32 Å². The van der Waals surface area contributed by atoms with Gasteiger partial charge in [0.25, 0.3) is 5.91 Å². The molecule has 2 aromatic carbocycles. The SMILES string of the molecule is O=C(Nc1ccc(Cl)cc1C(=O)c1ccccc1Cl)c1ccno1. The molecule has 0 aliphatic heterocycles. The summed E-state index contributed by atoms with van der Waals surface area (Å²) < 4.78 is 4.80. The summed E-state index contributed by atoms with van der Waals surface area (Å²) in [6.07, 6.45) is 1.35. The lowest BCUT2D eigenvalue weighted by molar-refractivity contribution is 0.0988. The fourth-order valence-electron chi connectivity index (χ4n) is 2.12. The summed E-state index contributed by atoms with van der Waals surface area (Å²) in [5.41, 5.74) is 0.839. The van der Waals surface area contributed by atoms with Crippen LogP contribution in [0.1, 0.15) is 26.5 Å². The predicted octanol–water partition coefficient (Wildman–Crippen LogP) is 4.46. The van der Waals surface area contributed by atoms with Gasteiger partial charge in [-0.3, -0.25) is 9.59 Å². The van der Waals surface area contributed by atoms with Crippen molar-refractivity contribution in [3.05, 3.63) is 81.7 Å². The van der Waals surface area contributed by atoms with Gasteiger partial charge in [-0.1, -0.05) is 40.5 Å². The van der Waals surface area contributed by atoms with Crippen molar-refractivity contribution < 1.29 is 14.1 Å². The maximum absolute atomic E-state index is 12.8. The number of nitrogens with zero attached hydrogens (tertiary/aromatic N) is 1. The lowest BCUT2D eigenvalue weighted by Crippen LogP contribution is -2.15. The average Bonchev–Trinajstić information content (AvgIpc) is 3.11. The molecule has 3 aromatic rings. The second kappa shape index (κ2) is 6.86. The van der Waals surface area contributed by atoms with E-state index in [1.807, 2.05) is 0 Å². The molecule has 0 radical (unpaired) electrons. The fourth-order valence-corrected chi connectivity index (χ4v) is 2.51. The van der Waals surface area contributed by atoms with Crippen LogP contribution in [0.15, 0.2) is 59.3 Å². The number of amides is 1. The van der Waals surface area contributed by atoms with E-state index in [2.05, 4.69) is 10.5 Å². The van der Waals surface area contributed by atoms with Gasteiger partial charge < -0.3 is 9.84 Å². The van der Waals surface area contributed by atoms with Crippen LogP contribution in [0.3, 0.4) is 0 Å². The monoisotopic (exact) mass is 360 g/mol. The van der Waals surface area contributed by atoms with Crippen molar-refractivity contribution in [1.29, 1.82) is 0 Å². The van der Waals surface area contributed by atoms with E-state index >= 15 is 0 Å². The number of aromatic nitrogens is 1. The average molecular weight is 361 g/mol. The highest BCUT2D eigenvalue weighted by Gasteiger charge is 2.19. The first-order chi connectivity index (χ1) is 11.6. The Kier molecular flexibility index (Phi) is 4.64. The molecule has 24 heavy (non-hydrogen) atoms. The number of hydrogen-bond donors (Lipinski definition) is 1. The van der Waals surface area contributed by atoms with Crippen LogP contribution in [0.5, 0.6) is 0 Å². The number of rotatable bonds is 4. The lowest BCUT2D eigenvalue weighted by atomic mass is 10.0. The number of nitrogens with one attached hydrogen (secondary N) is 1. The third-order valence-corrected chi connectivity index (χ3v) is 3.82. The maximum atomic E-state index is 12.8. The third kappa shape index (κ3) is 3.32.